The molecule has 0 saturated carbocycles. The molecule has 0 bridgehead atoms. The van der Waals surface area contributed by atoms with Crippen molar-refractivity contribution < 1.29 is 14.7 Å². The van der Waals surface area contributed by atoms with Crippen molar-refractivity contribution >= 4 is 33.4 Å². The maximum atomic E-state index is 12.2. The molecule has 20 heavy (non-hydrogen) atoms. The van der Waals surface area contributed by atoms with E-state index in [-0.39, 0.29) is 23.8 Å². The number of carbonyl (C=O) groups is 1. The molecule has 1 aliphatic rings. The summed E-state index contributed by atoms with van der Waals surface area (Å²) in [7, 11) is 0. The van der Waals surface area contributed by atoms with Gasteiger partial charge in [-0.3, -0.25) is 4.79 Å². The number of hydrogen-bond acceptors (Lipinski definition) is 4. The van der Waals surface area contributed by atoms with Gasteiger partial charge in [0, 0.05) is 10.0 Å². The van der Waals surface area contributed by atoms with Crippen molar-refractivity contribution in [3.63, 3.8) is 0 Å². The summed E-state index contributed by atoms with van der Waals surface area (Å²) in [6, 6.07) is 5.16. The van der Waals surface area contributed by atoms with Gasteiger partial charge in [-0.15, -0.1) is 0 Å². The van der Waals surface area contributed by atoms with Gasteiger partial charge in [-0.1, -0.05) is 21.1 Å². The number of nitrogens with two attached hydrogens (primary N) is 1. The average Bonchev–Trinajstić information content (AvgIpc) is 2.86. The van der Waals surface area contributed by atoms with Crippen LogP contribution in [-0.2, 0) is 9.53 Å². The Morgan fingerprint density at radius 2 is 2.35 bits per heavy atom. The average molecular weight is 342 g/mol. The number of carbonyl (C=O) groups excluding carboxylic acids is 1. The summed E-state index contributed by atoms with van der Waals surface area (Å²) in [6.45, 7) is 2.36. The molecule has 1 saturated heterocycles. The molecule has 1 aromatic carbocycles. The number of nitrogens with zero attached hydrogens (tertiary/aromatic N) is 1. The minimum absolute atomic E-state index is 0.0577. The van der Waals surface area contributed by atoms with E-state index in [1.165, 1.54) is 0 Å². The number of oxime groups is 1. The van der Waals surface area contributed by atoms with Crippen LogP contribution in [0.2, 0.25) is 0 Å². The second-order valence-electron chi connectivity index (χ2n) is 4.74. The van der Waals surface area contributed by atoms with Crippen LogP contribution >= 0.6 is 15.9 Å². The smallest absolute Gasteiger partial charge is 0.229 e. The number of ether oxygens (including phenoxy) is 1. The Morgan fingerprint density at radius 3 is 2.95 bits per heavy atom. The highest BCUT2D eigenvalue weighted by Gasteiger charge is 2.28. The lowest BCUT2D eigenvalue weighted by Gasteiger charge is -2.13. The zero-order valence-electron chi connectivity index (χ0n) is 11.0. The van der Waals surface area contributed by atoms with Crippen LogP contribution in [0.5, 0.6) is 0 Å². The van der Waals surface area contributed by atoms with Crippen molar-refractivity contribution in [3.05, 3.63) is 28.2 Å². The number of benzene rings is 1. The number of anilines is 1. The molecule has 108 valence electrons. The molecule has 4 N–H and O–H groups in total. The number of halogens is 1. The van der Waals surface area contributed by atoms with Crippen molar-refractivity contribution in [2.75, 3.05) is 11.9 Å². The maximum absolute atomic E-state index is 12.2. The van der Waals surface area contributed by atoms with Crippen LogP contribution in [0.15, 0.2) is 27.8 Å². The third-order valence-electron chi connectivity index (χ3n) is 3.19. The fourth-order valence-corrected chi connectivity index (χ4v) is 2.49. The summed E-state index contributed by atoms with van der Waals surface area (Å²) >= 11 is 3.31. The molecular weight excluding hydrogens is 326 g/mol. The molecule has 1 aliphatic heterocycles. The van der Waals surface area contributed by atoms with E-state index in [9.17, 15) is 4.79 Å². The molecule has 2 rings (SSSR count). The Balaban J connectivity index is 2.18. The van der Waals surface area contributed by atoms with E-state index in [2.05, 4.69) is 26.4 Å². The fraction of sp³-hybridized carbons (Fsp3) is 0.385. The third-order valence-corrected chi connectivity index (χ3v) is 3.69. The Labute approximate surface area is 125 Å². The van der Waals surface area contributed by atoms with Gasteiger partial charge in [0.2, 0.25) is 5.91 Å². The minimum atomic E-state index is -0.172. The van der Waals surface area contributed by atoms with Gasteiger partial charge in [-0.25, -0.2) is 0 Å². The molecule has 7 heteroatoms. The second-order valence-corrected chi connectivity index (χ2v) is 5.66. The summed E-state index contributed by atoms with van der Waals surface area (Å²) in [5.74, 6) is -0.352. The highest BCUT2D eigenvalue weighted by Crippen LogP contribution is 2.24. The van der Waals surface area contributed by atoms with E-state index in [1.807, 2.05) is 6.92 Å². The SMILES string of the molecule is CC1CC(C(=O)Nc2ccc(Br)cc2/C(N)=N/O)CO1. The molecule has 0 spiro atoms. The van der Waals surface area contributed by atoms with E-state index < -0.39 is 0 Å². The zero-order valence-corrected chi connectivity index (χ0v) is 12.6. The summed E-state index contributed by atoms with van der Waals surface area (Å²) < 4.78 is 6.16. The fourth-order valence-electron chi connectivity index (χ4n) is 2.13. The van der Waals surface area contributed by atoms with Gasteiger partial charge < -0.3 is 21.0 Å². The molecule has 2 atom stereocenters. The first-order chi connectivity index (χ1) is 9.51. The van der Waals surface area contributed by atoms with Gasteiger partial charge >= 0.3 is 0 Å². The molecule has 1 aromatic rings. The Hall–Kier alpha value is -1.60. The van der Waals surface area contributed by atoms with E-state index >= 15 is 0 Å². The summed E-state index contributed by atoms with van der Waals surface area (Å²) in [4.78, 5) is 12.2. The van der Waals surface area contributed by atoms with E-state index in [1.54, 1.807) is 18.2 Å². The molecule has 2 unspecified atom stereocenters. The number of hydrogen-bond donors (Lipinski definition) is 3. The molecule has 0 aliphatic carbocycles. The van der Waals surface area contributed by atoms with Crippen LogP contribution in [0, 0.1) is 5.92 Å². The lowest BCUT2D eigenvalue weighted by Crippen LogP contribution is -2.25. The molecular formula is C13H16BrN3O3. The first kappa shape index (κ1) is 14.8. The Bertz CT molecular complexity index is 548. The summed E-state index contributed by atoms with van der Waals surface area (Å²) in [6.07, 6.45) is 0.792. The number of rotatable bonds is 3. The topological polar surface area (TPSA) is 96.9 Å². The monoisotopic (exact) mass is 341 g/mol. The van der Waals surface area contributed by atoms with E-state index in [0.717, 1.165) is 4.47 Å². The summed E-state index contributed by atoms with van der Waals surface area (Å²) in [5.41, 5.74) is 6.59. The molecule has 1 amide bonds. The minimum Gasteiger partial charge on any atom is -0.409 e. The van der Waals surface area contributed by atoms with Gasteiger partial charge in [0.15, 0.2) is 5.84 Å². The highest BCUT2D eigenvalue weighted by molar-refractivity contribution is 9.10. The molecule has 6 nitrogen and oxygen atoms in total. The van der Waals surface area contributed by atoms with E-state index in [0.29, 0.717) is 24.3 Å². The normalized spacial score (nSPS) is 22.8. The van der Waals surface area contributed by atoms with Crippen LogP contribution in [-0.4, -0.2) is 29.7 Å². The van der Waals surface area contributed by atoms with Gasteiger partial charge in [0.1, 0.15) is 0 Å². The lowest BCUT2D eigenvalue weighted by molar-refractivity contribution is -0.119. The van der Waals surface area contributed by atoms with Crippen molar-refractivity contribution in [2.24, 2.45) is 16.8 Å². The molecule has 0 aromatic heterocycles. The molecule has 1 heterocycles. The van der Waals surface area contributed by atoms with Gasteiger partial charge in [-0.2, -0.15) is 0 Å². The maximum Gasteiger partial charge on any atom is 0.229 e. The third kappa shape index (κ3) is 3.29. The number of nitrogens with one attached hydrogen (secondary N) is 1. The van der Waals surface area contributed by atoms with Crippen molar-refractivity contribution in [1.29, 1.82) is 0 Å². The van der Waals surface area contributed by atoms with Crippen molar-refractivity contribution in [3.8, 4) is 0 Å². The molecule has 1 fully saturated rings. The standard InChI is InChI=1S/C13H16BrN3O3/c1-7-4-8(6-20-7)13(18)16-11-3-2-9(14)5-10(11)12(15)17-19/h2-3,5,7-8,19H,4,6H2,1H3,(H2,15,17)(H,16,18). The van der Waals surface area contributed by atoms with Crippen molar-refractivity contribution in [2.45, 2.75) is 19.4 Å². The first-order valence-electron chi connectivity index (χ1n) is 6.21. The highest BCUT2D eigenvalue weighted by atomic mass is 79.9. The number of amidine groups is 1. The van der Waals surface area contributed by atoms with E-state index in [4.69, 9.17) is 15.7 Å². The summed E-state index contributed by atoms with van der Waals surface area (Å²) in [5, 5.41) is 14.6. The quantitative estimate of drug-likeness (QED) is 0.338. The largest absolute Gasteiger partial charge is 0.409 e. The first-order valence-corrected chi connectivity index (χ1v) is 7.00. The van der Waals surface area contributed by atoms with Crippen LogP contribution in [0.4, 0.5) is 5.69 Å². The number of amides is 1. The van der Waals surface area contributed by atoms with Gasteiger partial charge in [-0.05, 0) is 31.5 Å². The van der Waals surface area contributed by atoms with Gasteiger partial charge in [0.25, 0.3) is 0 Å². The van der Waals surface area contributed by atoms with Crippen LogP contribution in [0.25, 0.3) is 0 Å². The Kier molecular flexibility index (Phi) is 4.61. The predicted octanol–water partition coefficient (Wildman–Crippen LogP) is 1.91. The van der Waals surface area contributed by atoms with Crippen LogP contribution < -0.4 is 11.1 Å². The zero-order chi connectivity index (χ0) is 14.7. The molecule has 0 radical (unpaired) electrons. The predicted molar refractivity (Wildman–Crippen MR) is 78.8 cm³/mol. The van der Waals surface area contributed by atoms with Gasteiger partial charge in [0.05, 0.1) is 24.3 Å². The van der Waals surface area contributed by atoms with Crippen LogP contribution in [0.1, 0.15) is 18.9 Å². The Morgan fingerprint density at radius 1 is 1.60 bits per heavy atom. The van der Waals surface area contributed by atoms with Crippen molar-refractivity contribution in [1.82, 2.24) is 0 Å². The lowest BCUT2D eigenvalue weighted by atomic mass is 10.0. The van der Waals surface area contributed by atoms with Crippen LogP contribution in [0.3, 0.4) is 0 Å². The second kappa shape index (κ2) is 6.23.